The summed E-state index contributed by atoms with van der Waals surface area (Å²) >= 11 is 0. The van der Waals surface area contributed by atoms with Crippen LogP contribution in [0.15, 0.2) is 17.3 Å². The summed E-state index contributed by atoms with van der Waals surface area (Å²) in [5, 5.41) is 3.98. The highest BCUT2D eigenvalue weighted by Gasteiger charge is 2.15. The summed E-state index contributed by atoms with van der Waals surface area (Å²) in [7, 11) is 1.57. The smallest absolute Gasteiger partial charge is 0.253 e. The van der Waals surface area contributed by atoms with Gasteiger partial charge in [-0.25, -0.2) is 8.42 Å². The number of nitrogens with zero attached hydrogens (tertiary/aromatic N) is 2. The summed E-state index contributed by atoms with van der Waals surface area (Å²) in [4.78, 5) is 0. The van der Waals surface area contributed by atoms with E-state index in [1.165, 1.54) is 16.9 Å². The summed E-state index contributed by atoms with van der Waals surface area (Å²) in [5.41, 5.74) is 0. The van der Waals surface area contributed by atoms with Crippen molar-refractivity contribution in [2.45, 2.75) is 31.8 Å². The van der Waals surface area contributed by atoms with Crippen LogP contribution < -0.4 is 0 Å². The zero-order chi connectivity index (χ0) is 10.8. The molecule has 80 valence electrons. The zero-order valence-corrected chi connectivity index (χ0v) is 9.72. The van der Waals surface area contributed by atoms with Crippen molar-refractivity contribution in [1.29, 1.82) is 0 Å². The number of aromatic nitrogens is 2. The fraction of sp³-hybridized carbons (Fsp3) is 0.625. The minimum absolute atomic E-state index is 0.0693. The van der Waals surface area contributed by atoms with E-state index in [0.717, 1.165) is 6.42 Å². The minimum Gasteiger partial charge on any atom is -0.253 e. The minimum atomic E-state index is -3.67. The van der Waals surface area contributed by atoms with Crippen LogP contribution in [0.5, 0.6) is 0 Å². The second kappa shape index (κ2) is 4.31. The van der Waals surface area contributed by atoms with Crippen LogP contribution in [0.25, 0.3) is 0 Å². The third-order valence-electron chi connectivity index (χ3n) is 1.85. The normalized spacial score (nSPS) is 12.3. The lowest BCUT2D eigenvalue weighted by Gasteiger charge is -2.06. The molecule has 1 aromatic rings. The highest BCUT2D eigenvalue weighted by molar-refractivity contribution is 8.13. The van der Waals surface area contributed by atoms with Gasteiger partial charge in [0.15, 0.2) is 5.03 Å². The van der Waals surface area contributed by atoms with Crippen LogP contribution in [0.4, 0.5) is 0 Å². The molecule has 0 spiro atoms. The molecule has 0 atom stereocenters. The van der Waals surface area contributed by atoms with Gasteiger partial charge in [-0.15, -0.1) is 0 Å². The average molecular weight is 237 g/mol. The maximum Gasteiger partial charge on any atom is 0.278 e. The molecule has 0 N–H and O–H groups in total. The Hall–Kier alpha value is -0.550. The Kier molecular flexibility index (Phi) is 3.55. The van der Waals surface area contributed by atoms with E-state index in [4.69, 9.17) is 10.7 Å². The standard InChI is InChI=1S/C8H13ClN2O2S/c1-7(2)4-6-11-8(3-5-10-11)14(9,12)13/h3,5,7H,4,6H2,1-2H3. The third-order valence-corrected chi connectivity index (χ3v) is 3.17. The molecule has 0 aliphatic carbocycles. The number of halogens is 1. The van der Waals surface area contributed by atoms with Crippen LogP contribution in [0.3, 0.4) is 0 Å². The van der Waals surface area contributed by atoms with Gasteiger partial charge in [-0.3, -0.25) is 4.68 Å². The second-order valence-corrected chi connectivity index (χ2v) is 6.03. The van der Waals surface area contributed by atoms with Crippen LogP contribution in [0, 0.1) is 5.92 Å². The molecule has 1 aromatic heterocycles. The zero-order valence-electron chi connectivity index (χ0n) is 8.14. The van der Waals surface area contributed by atoms with Gasteiger partial charge in [-0.2, -0.15) is 5.10 Å². The molecule has 14 heavy (non-hydrogen) atoms. The number of rotatable bonds is 4. The average Bonchev–Trinajstić information content (AvgIpc) is 2.46. The van der Waals surface area contributed by atoms with E-state index >= 15 is 0 Å². The summed E-state index contributed by atoms with van der Waals surface area (Å²) < 4.78 is 23.5. The fourth-order valence-electron chi connectivity index (χ4n) is 1.08. The Morgan fingerprint density at radius 2 is 2.21 bits per heavy atom. The van der Waals surface area contributed by atoms with Crippen molar-refractivity contribution in [3.05, 3.63) is 12.3 Å². The first-order valence-corrected chi connectivity index (χ1v) is 6.68. The third kappa shape index (κ3) is 2.99. The fourth-order valence-corrected chi connectivity index (χ4v) is 2.08. The second-order valence-electron chi connectivity index (χ2n) is 3.51. The molecule has 0 aliphatic rings. The van der Waals surface area contributed by atoms with Gasteiger partial charge in [0.1, 0.15) is 0 Å². The Morgan fingerprint density at radius 1 is 1.57 bits per heavy atom. The van der Waals surface area contributed by atoms with Gasteiger partial charge in [0.2, 0.25) is 0 Å². The van der Waals surface area contributed by atoms with Crippen molar-refractivity contribution in [2.75, 3.05) is 0 Å². The van der Waals surface area contributed by atoms with Crippen molar-refractivity contribution < 1.29 is 8.42 Å². The Morgan fingerprint density at radius 3 is 2.71 bits per heavy atom. The van der Waals surface area contributed by atoms with Crippen LogP contribution >= 0.6 is 10.7 Å². The molecule has 0 saturated heterocycles. The molecule has 0 fully saturated rings. The summed E-state index contributed by atoms with van der Waals surface area (Å²) in [6.45, 7) is 4.71. The molecular formula is C8H13ClN2O2S. The first-order chi connectivity index (χ1) is 6.41. The molecule has 6 heteroatoms. The van der Waals surface area contributed by atoms with Gasteiger partial charge in [-0.05, 0) is 18.4 Å². The molecule has 1 heterocycles. The number of hydrogen-bond donors (Lipinski definition) is 0. The maximum absolute atomic E-state index is 11.1. The van der Waals surface area contributed by atoms with Crippen molar-refractivity contribution in [3.8, 4) is 0 Å². The van der Waals surface area contributed by atoms with E-state index in [9.17, 15) is 8.42 Å². The molecule has 0 saturated carbocycles. The summed E-state index contributed by atoms with van der Waals surface area (Å²) in [6.07, 6.45) is 2.32. The largest absolute Gasteiger partial charge is 0.278 e. The van der Waals surface area contributed by atoms with Gasteiger partial charge < -0.3 is 0 Å². The van der Waals surface area contributed by atoms with E-state index in [0.29, 0.717) is 12.5 Å². The van der Waals surface area contributed by atoms with Gasteiger partial charge in [0.25, 0.3) is 9.05 Å². The molecule has 0 aromatic carbocycles. The molecule has 0 amide bonds. The van der Waals surface area contributed by atoms with Gasteiger partial charge in [0.05, 0.1) is 6.20 Å². The molecular weight excluding hydrogens is 224 g/mol. The predicted octanol–water partition coefficient (Wildman–Crippen LogP) is 1.86. The van der Waals surface area contributed by atoms with Crippen molar-refractivity contribution in [3.63, 3.8) is 0 Å². The number of hydrogen-bond acceptors (Lipinski definition) is 3. The molecule has 4 nitrogen and oxygen atoms in total. The van der Waals surface area contributed by atoms with Crippen molar-refractivity contribution in [1.82, 2.24) is 9.78 Å². The maximum atomic E-state index is 11.1. The quantitative estimate of drug-likeness (QED) is 0.750. The SMILES string of the molecule is CC(C)CCn1nccc1S(=O)(=O)Cl. The topological polar surface area (TPSA) is 52.0 Å². The van der Waals surface area contributed by atoms with Crippen LogP contribution in [0.1, 0.15) is 20.3 Å². The first kappa shape index (κ1) is 11.5. The highest BCUT2D eigenvalue weighted by atomic mass is 35.7. The molecule has 0 radical (unpaired) electrons. The van der Waals surface area contributed by atoms with Crippen LogP contribution in [-0.4, -0.2) is 18.2 Å². The lowest BCUT2D eigenvalue weighted by molar-refractivity contribution is 0.460. The Labute approximate surface area is 88.3 Å². The summed E-state index contributed by atoms with van der Waals surface area (Å²) in [5.74, 6) is 0.505. The van der Waals surface area contributed by atoms with Gasteiger partial charge in [-0.1, -0.05) is 13.8 Å². The summed E-state index contributed by atoms with van der Waals surface area (Å²) in [6, 6.07) is 1.41. The van der Waals surface area contributed by atoms with E-state index in [2.05, 4.69) is 18.9 Å². The monoisotopic (exact) mass is 236 g/mol. The molecule has 0 aliphatic heterocycles. The molecule has 1 rings (SSSR count). The Bertz CT molecular complexity index is 397. The molecule has 0 bridgehead atoms. The Balaban J connectivity index is 2.84. The van der Waals surface area contributed by atoms with E-state index in [1.54, 1.807) is 0 Å². The van der Waals surface area contributed by atoms with Crippen molar-refractivity contribution in [2.24, 2.45) is 5.92 Å². The van der Waals surface area contributed by atoms with Crippen molar-refractivity contribution >= 4 is 19.7 Å². The van der Waals surface area contributed by atoms with E-state index < -0.39 is 9.05 Å². The van der Waals surface area contributed by atoms with E-state index in [-0.39, 0.29) is 5.03 Å². The van der Waals surface area contributed by atoms with Gasteiger partial charge >= 0.3 is 0 Å². The molecule has 0 unspecified atom stereocenters. The lowest BCUT2D eigenvalue weighted by Crippen LogP contribution is -2.08. The van der Waals surface area contributed by atoms with Crippen LogP contribution in [0.2, 0.25) is 0 Å². The van der Waals surface area contributed by atoms with Gasteiger partial charge in [0, 0.05) is 17.2 Å². The van der Waals surface area contributed by atoms with E-state index in [1.807, 2.05) is 0 Å². The first-order valence-electron chi connectivity index (χ1n) is 4.37. The number of aryl methyl sites for hydroxylation is 1. The predicted molar refractivity (Wildman–Crippen MR) is 54.7 cm³/mol. The van der Waals surface area contributed by atoms with Crippen LogP contribution in [-0.2, 0) is 15.6 Å². The lowest BCUT2D eigenvalue weighted by atomic mass is 10.1. The highest BCUT2D eigenvalue weighted by Crippen LogP contribution is 2.15.